The molecule has 0 N–H and O–H groups in total. The van der Waals surface area contributed by atoms with E-state index in [0.717, 1.165) is 16.2 Å². The standard InChI is InChI=1S/C35H34ClNO4S2/c1-4-10-31(43-32-14-9-8-13-28(16-20-32)35(40)27-11-6-5-7-12-27)19-15-25(2)34(39)33(37-41-26(3)38)23-24-42-30-21-17-29(36)18-22-30/h5-7,9-22,32H,2,4,8,23-24H2,1,3H3/b14-9?,19-15-,20-16-,28-13+,31-10+,37-33+. The number of carbonyl (C=O) groups excluding carboxylic acids is 3. The maximum absolute atomic E-state index is 13.2. The molecule has 0 saturated carbocycles. The molecule has 5 nitrogen and oxygen atoms in total. The molecule has 1 aliphatic carbocycles. The molecule has 1 unspecified atom stereocenters. The van der Waals surface area contributed by atoms with Crippen molar-refractivity contribution in [2.24, 2.45) is 5.16 Å². The Kier molecular flexibility index (Phi) is 14.3. The number of thioether (sulfide) groups is 2. The number of Topliss-reactive ketones (excluding diaryl/α,β-unsaturated/α-hetero) is 2. The van der Waals surface area contributed by atoms with Gasteiger partial charge in [-0.1, -0.05) is 103 Å². The Morgan fingerprint density at radius 3 is 2.51 bits per heavy atom. The van der Waals surface area contributed by atoms with Crippen molar-refractivity contribution in [3.05, 3.63) is 136 Å². The number of ketones is 2. The zero-order valence-electron chi connectivity index (χ0n) is 24.2. The molecule has 0 fully saturated rings. The Bertz CT molecular complexity index is 1490. The van der Waals surface area contributed by atoms with E-state index in [4.69, 9.17) is 16.4 Å². The lowest BCUT2D eigenvalue weighted by Crippen LogP contribution is -2.17. The normalized spacial score (nSPS) is 17.5. The Balaban J connectivity index is 1.66. The molecule has 0 aromatic heterocycles. The minimum absolute atomic E-state index is 0.00674. The van der Waals surface area contributed by atoms with E-state index in [-0.39, 0.29) is 28.7 Å². The van der Waals surface area contributed by atoms with Gasteiger partial charge in [0, 0.05) is 55.9 Å². The lowest BCUT2D eigenvalue weighted by molar-refractivity contribution is -0.140. The third kappa shape index (κ3) is 11.9. The molecule has 0 saturated heterocycles. The molecule has 0 aliphatic heterocycles. The summed E-state index contributed by atoms with van der Waals surface area (Å²) in [6.07, 6.45) is 17.3. The fourth-order valence-corrected chi connectivity index (χ4v) is 5.87. The minimum atomic E-state index is -0.606. The van der Waals surface area contributed by atoms with Crippen LogP contribution in [0.4, 0.5) is 0 Å². The Morgan fingerprint density at radius 1 is 1.07 bits per heavy atom. The molecule has 0 bridgehead atoms. The number of carbonyl (C=O) groups is 3. The zero-order chi connectivity index (χ0) is 31.0. The molecule has 2 aromatic rings. The number of hydrogen-bond donors (Lipinski definition) is 0. The van der Waals surface area contributed by atoms with E-state index in [2.05, 4.69) is 30.0 Å². The first-order valence-corrected chi connectivity index (χ1v) is 16.1. The van der Waals surface area contributed by atoms with Crippen molar-refractivity contribution >= 4 is 58.4 Å². The predicted octanol–water partition coefficient (Wildman–Crippen LogP) is 9.14. The molecule has 0 amide bonds. The van der Waals surface area contributed by atoms with Gasteiger partial charge in [-0.2, -0.15) is 0 Å². The number of rotatable bonds is 14. The summed E-state index contributed by atoms with van der Waals surface area (Å²) in [4.78, 5) is 44.3. The van der Waals surface area contributed by atoms with Crippen LogP contribution in [0.2, 0.25) is 5.02 Å². The highest BCUT2D eigenvalue weighted by atomic mass is 35.5. The fraction of sp³-hybridized carbons (Fsp3) is 0.200. The number of oxime groups is 1. The zero-order valence-corrected chi connectivity index (χ0v) is 26.6. The lowest BCUT2D eigenvalue weighted by Gasteiger charge is -2.12. The molecule has 0 heterocycles. The number of hydrogen-bond acceptors (Lipinski definition) is 7. The summed E-state index contributed by atoms with van der Waals surface area (Å²) in [5, 5.41) is 4.47. The lowest BCUT2D eigenvalue weighted by atomic mass is 10.0. The molecular weight excluding hydrogens is 598 g/mol. The number of benzene rings is 2. The van der Waals surface area contributed by atoms with Crippen LogP contribution in [0.1, 0.15) is 43.5 Å². The van der Waals surface area contributed by atoms with Crippen LogP contribution in [0.3, 0.4) is 0 Å². The van der Waals surface area contributed by atoms with Gasteiger partial charge in [0.05, 0.1) is 0 Å². The summed E-state index contributed by atoms with van der Waals surface area (Å²) < 4.78 is 0. The molecule has 8 heteroatoms. The smallest absolute Gasteiger partial charge is 0.318 e. The van der Waals surface area contributed by atoms with Crippen molar-refractivity contribution in [2.45, 2.75) is 43.3 Å². The van der Waals surface area contributed by atoms with Gasteiger partial charge in [0.1, 0.15) is 5.71 Å². The van der Waals surface area contributed by atoms with E-state index < -0.39 is 11.8 Å². The van der Waals surface area contributed by atoms with Crippen molar-refractivity contribution in [2.75, 3.05) is 5.75 Å². The maximum atomic E-state index is 13.2. The van der Waals surface area contributed by atoms with Crippen LogP contribution in [0, 0.1) is 0 Å². The quantitative estimate of drug-likeness (QED) is 0.0303. The van der Waals surface area contributed by atoms with Gasteiger partial charge < -0.3 is 4.84 Å². The van der Waals surface area contributed by atoms with Gasteiger partial charge in [0.15, 0.2) is 5.78 Å². The molecule has 43 heavy (non-hydrogen) atoms. The third-order valence-electron chi connectivity index (χ3n) is 5.95. The summed E-state index contributed by atoms with van der Waals surface area (Å²) >= 11 is 9.10. The van der Waals surface area contributed by atoms with E-state index in [1.165, 1.54) is 18.7 Å². The van der Waals surface area contributed by atoms with Crippen LogP contribution in [0.15, 0.2) is 136 Å². The number of allylic oxidation sites excluding steroid dienone is 8. The molecule has 3 rings (SSSR count). The summed E-state index contributed by atoms with van der Waals surface area (Å²) in [5.74, 6) is -0.460. The predicted molar refractivity (Wildman–Crippen MR) is 181 cm³/mol. The van der Waals surface area contributed by atoms with Gasteiger partial charge in [0.2, 0.25) is 5.78 Å². The van der Waals surface area contributed by atoms with Crippen LogP contribution in [-0.2, 0) is 14.4 Å². The van der Waals surface area contributed by atoms with E-state index in [1.807, 2.05) is 73.7 Å². The van der Waals surface area contributed by atoms with Gasteiger partial charge in [-0.25, -0.2) is 4.79 Å². The van der Waals surface area contributed by atoms with E-state index in [0.29, 0.717) is 28.3 Å². The van der Waals surface area contributed by atoms with Crippen LogP contribution in [0.5, 0.6) is 0 Å². The van der Waals surface area contributed by atoms with Gasteiger partial charge in [-0.15, -0.1) is 23.5 Å². The molecule has 0 radical (unpaired) electrons. The van der Waals surface area contributed by atoms with Gasteiger partial charge in [-0.05, 0) is 43.2 Å². The van der Waals surface area contributed by atoms with Crippen molar-refractivity contribution < 1.29 is 19.2 Å². The Hall–Kier alpha value is -3.65. The molecule has 2 aromatic carbocycles. The molecule has 1 atom stereocenters. The summed E-state index contributed by atoms with van der Waals surface area (Å²) in [7, 11) is 0. The van der Waals surface area contributed by atoms with E-state index in [9.17, 15) is 14.4 Å². The first-order valence-electron chi connectivity index (χ1n) is 13.8. The molecule has 222 valence electrons. The maximum Gasteiger partial charge on any atom is 0.331 e. The average Bonchev–Trinajstić information content (AvgIpc) is 2.99. The topological polar surface area (TPSA) is 72.8 Å². The number of halogens is 1. The Labute approximate surface area is 267 Å². The van der Waals surface area contributed by atoms with Crippen molar-refractivity contribution in [1.29, 1.82) is 0 Å². The second-order valence-electron chi connectivity index (χ2n) is 9.34. The highest BCUT2D eigenvalue weighted by Gasteiger charge is 2.16. The van der Waals surface area contributed by atoms with Gasteiger partial charge in [0.25, 0.3) is 0 Å². The van der Waals surface area contributed by atoms with Crippen molar-refractivity contribution in [3.63, 3.8) is 0 Å². The largest absolute Gasteiger partial charge is 0.331 e. The molecular formula is C35H34ClNO4S2. The van der Waals surface area contributed by atoms with Crippen LogP contribution < -0.4 is 0 Å². The first kappa shape index (κ1) is 33.8. The van der Waals surface area contributed by atoms with E-state index in [1.54, 1.807) is 30.0 Å². The van der Waals surface area contributed by atoms with Gasteiger partial charge in [-0.3, -0.25) is 9.59 Å². The van der Waals surface area contributed by atoms with Crippen LogP contribution >= 0.6 is 35.1 Å². The molecule has 1 aliphatic rings. The Morgan fingerprint density at radius 2 is 1.81 bits per heavy atom. The van der Waals surface area contributed by atoms with Crippen LogP contribution in [0.25, 0.3) is 0 Å². The fourth-order valence-electron chi connectivity index (χ4n) is 3.82. The SMILES string of the molecule is C=C(/C=C\C(=C/CC)SC1C=CC/C=C(C(=O)c2ccccc2)\C=C/1)C(=O)/C(CCSc1ccc(Cl)cc1)=N/OC(C)=O. The van der Waals surface area contributed by atoms with Crippen LogP contribution in [-0.4, -0.2) is 34.3 Å². The van der Waals surface area contributed by atoms with Crippen molar-refractivity contribution in [3.8, 4) is 0 Å². The van der Waals surface area contributed by atoms with E-state index >= 15 is 0 Å². The van der Waals surface area contributed by atoms with Gasteiger partial charge >= 0.3 is 5.97 Å². The second-order valence-corrected chi connectivity index (χ2v) is 12.2. The number of nitrogens with zero attached hydrogens (tertiary/aromatic N) is 1. The first-order chi connectivity index (χ1) is 20.8. The molecule has 0 spiro atoms. The monoisotopic (exact) mass is 631 g/mol. The highest BCUT2D eigenvalue weighted by Crippen LogP contribution is 2.28. The third-order valence-corrected chi connectivity index (χ3v) is 8.38. The minimum Gasteiger partial charge on any atom is -0.318 e. The average molecular weight is 632 g/mol. The summed E-state index contributed by atoms with van der Waals surface area (Å²) in [6.45, 7) is 7.23. The summed E-state index contributed by atoms with van der Waals surface area (Å²) in [5.41, 5.74) is 1.66. The highest BCUT2D eigenvalue weighted by molar-refractivity contribution is 8.04. The van der Waals surface area contributed by atoms with Crippen molar-refractivity contribution in [1.82, 2.24) is 0 Å². The second kappa shape index (κ2) is 18.1. The summed E-state index contributed by atoms with van der Waals surface area (Å²) in [6, 6.07) is 16.7.